The van der Waals surface area contributed by atoms with Gasteiger partial charge < -0.3 is 10.1 Å². The molecule has 2 aromatic carbocycles. The van der Waals surface area contributed by atoms with Gasteiger partial charge in [-0.2, -0.15) is 0 Å². The van der Waals surface area contributed by atoms with E-state index in [1.165, 1.54) is 17.5 Å². The lowest BCUT2D eigenvalue weighted by Crippen LogP contribution is -2.21. The Kier molecular flexibility index (Phi) is 4.70. The maximum atomic E-state index is 6.28. The summed E-state index contributed by atoms with van der Waals surface area (Å²) in [6, 6.07) is 16.8. The molecule has 116 valence electrons. The van der Waals surface area contributed by atoms with E-state index in [0.717, 1.165) is 17.3 Å². The van der Waals surface area contributed by atoms with Crippen LogP contribution < -0.4 is 10.1 Å². The second-order valence-electron chi connectivity index (χ2n) is 6.03. The number of rotatable bonds is 6. The third-order valence-electron chi connectivity index (χ3n) is 4.51. The van der Waals surface area contributed by atoms with Crippen LogP contribution in [0.15, 0.2) is 48.5 Å². The minimum absolute atomic E-state index is 0.322. The largest absolute Gasteiger partial charge is 0.497 e. The Morgan fingerprint density at radius 3 is 2.82 bits per heavy atom. The lowest BCUT2D eigenvalue weighted by Gasteiger charge is -2.15. The first-order valence-corrected chi connectivity index (χ1v) is 8.18. The lowest BCUT2D eigenvalue weighted by molar-refractivity contribution is 0.413. The van der Waals surface area contributed by atoms with E-state index < -0.39 is 0 Å². The zero-order valence-corrected chi connectivity index (χ0v) is 13.8. The van der Waals surface area contributed by atoms with Crippen LogP contribution in [0.2, 0.25) is 5.02 Å². The van der Waals surface area contributed by atoms with Crippen molar-refractivity contribution < 1.29 is 4.74 Å². The number of hydrogen-bond acceptors (Lipinski definition) is 2. The van der Waals surface area contributed by atoms with Crippen LogP contribution in [0.4, 0.5) is 0 Å². The molecule has 0 spiro atoms. The summed E-state index contributed by atoms with van der Waals surface area (Å²) in [5, 5.41) is 4.53. The summed E-state index contributed by atoms with van der Waals surface area (Å²) < 4.78 is 5.29. The van der Waals surface area contributed by atoms with Gasteiger partial charge in [0.25, 0.3) is 0 Å². The molecule has 0 saturated heterocycles. The summed E-state index contributed by atoms with van der Waals surface area (Å²) in [5.41, 5.74) is 2.55. The second-order valence-corrected chi connectivity index (χ2v) is 6.44. The zero-order valence-electron chi connectivity index (χ0n) is 13.1. The highest BCUT2D eigenvalue weighted by Gasteiger charge is 2.39. The van der Waals surface area contributed by atoms with Crippen LogP contribution in [0.3, 0.4) is 0 Å². The van der Waals surface area contributed by atoms with Crippen molar-refractivity contribution in [1.82, 2.24) is 5.32 Å². The Balaban J connectivity index is 1.54. The van der Waals surface area contributed by atoms with E-state index in [2.05, 4.69) is 36.5 Å². The van der Waals surface area contributed by atoms with E-state index in [1.807, 2.05) is 24.3 Å². The van der Waals surface area contributed by atoms with E-state index >= 15 is 0 Å². The van der Waals surface area contributed by atoms with Crippen LogP contribution in [0.25, 0.3) is 0 Å². The molecular weight excluding hydrogens is 294 g/mol. The third kappa shape index (κ3) is 3.45. The molecule has 1 N–H and O–H groups in total. The quantitative estimate of drug-likeness (QED) is 0.826. The summed E-state index contributed by atoms with van der Waals surface area (Å²) in [6.07, 6.45) is 1.22. The van der Waals surface area contributed by atoms with Gasteiger partial charge in [-0.15, -0.1) is 0 Å². The average Bonchev–Trinajstić information content (AvgIpc) is 3.32. The van der Waals surface area contributed by atoms with Crippen molar-refractivity contribution in [2.75, 3.05) is 13.7 Å². The minimum atomic E-state index is 0.322. The molecule has 1 aliphatic rings. The van der Waals surface area contributed by atoms with E-state index in [4.69, 9.17) is 16.3 Å². The Bertz CT molecular complexity index is 643. The molecule has 3 rings (SSSR count). The standard InChI is InChI=1S/C19H22ClNO/c1-13(14-6-5-7-16(10-14)22-2)21-12-15-11-18(15)17-8-3-4-9-19(17)20/h3-10,13,15,18,21H,11-12H2,1-2H3/t13-,15?,18?/m1/s1. The van der Waals surface area contributed by atoms with Crippen molar-refractivity contribution >= 4 is 11.6 Å². The molecule has 0 aliphatic heterocycles. The van der Waals surface area contributed by atoms with Gasteiger partial charge in [-0.3, -0.25) is 0 Å². The van der Waals surface area contributed by atoms with Crippen LogP contribution in [0.1, 0.15) is 36.4 Å². The molecule has 2 nitrogen and oxygen atoms in total. The molecular formula is C19H22ClNO. The molecule has 1 aliphatic carbocycles. The average molecular weight is 316 g/mol. The minimum Gasteiger partial charge on any atom is -0.497 e. The smallest absolute Gasteiger partial charge is 0.119 e. The predicted octanol–water partition coefficient (Wildman–Crippen LogP) is 4.80. The highest BCUT2D eigenvalue weighted by atomic mass is 35.5. The normalized spacial score (nSPS) is 21.4. The van der Waals surface area contributed by atoms with Crippen molar-refractivity contribution in [1.29, 1.82) is 0 Å². The number of ether oxygens (including phenoxy) is 1. The molecule has 22 heavy (non-hydrogen) atoms. The number of benzene rings is 2. The van der Waals surface area contributed by atoms with Gasteiger partial charge in [0.05, 0.1) is 7.11 Å². The predicted molar refractivity (Wildman–Crippen MR) is 91.7 cm³/mol. The van der Waals surface area contributed by atoms with E-state index in [1.54, 1.807) is 7.11 Å². The first-order chi connectivity index (χ1) is 10.7. The van der Waals surface area contributed by atoms with Gasteiger partial charge in [-0.25, -0.2) is 0 Å². The van der Waals surface area contributed by atoms with E-state index in [-0.39, 0.29) is 0 Å². The first-order valence-electron chi connectivity index (χ1n) is 7.81. The van der Waals surface area contributed by atoms with Crippen molar-refractivity contribution in [2.24, 2.45) is 5.92 Å². The molecule has 0 bridgehead atoms. The monoisotopic (exact) mass is 315 g/mol. The molecule has 1 fully saturated rings. The van der Waals surface area contributed by atoms with Crippen LogP contribution in [0.5, 0.6) is 5.75 Å². The highest BCUT2D eigenvalue weighted by Crippen LogP contribution is 2.49. The molecule has 0 amide bonds. The van der Waals surface area contributed by atoms with Crippen LogP contribution in [0, 0.1) is 5.92 Å². The molecule has 3 heteroatoms. The summed E-state index contributed by atoms with van der Waals surface area (Å²) in [7, 11) is 1.70. The van der Waals surface area contributed by atoms with Gasteiger partial charge in [-0.1, -0.05) is 41.9 Å². The zero-order chi connectivity index (χ0) is 15.5. The topological polar surface area (TPSA) is 21.3 Å². The maximum absolute atomic E-state index is 6.28. The lowest BCUT2D eigenvalue weighted by atomic mass is 10.1. The molecule has 2 aromatic rings. The number of hydrogen-bond donors (Lipinski definition) is 1. The SMILES string of the molecule is COc1cccc([C@@H](C)NCC2CC2c2ccccc2Cl)c1. The summed E-state index contributed by atoms with van der Waals surface area (Å²) in [6.45, 7) is 3.22. The fraction of sp³-hybridized carbons (Fsp3) is 0.368. The van der Waals surface area contributed by atoms with Gasteiger partial charge in [0.2, 0.25) is 0 Å². The molecule has 3 atom stereocenters. The second kappa shape index (κ2) is 6.72. The Labute approximate surface area is 137 Å². The van der Waals surface area contributed by atoms with E-state index in [9.17, 15) is 0 Å². The van der Waals surface area contributed by atoms with Crippen LogP contribution >= 0.6 is 11.6 Å². The van der Waals surface area contributed by atoms with Crippen molar-refractivity contribution in [3.05, 3.63) is 64.7 Å². The fourth-order valence-corrected chi connectivity index (χ4v) is 3.26. The van der Waals surface area contributed by atoms with Gasteiger partial charge in [0.15, 0.2) is 0 Å². The van der Waals surface area contributed by atoms with Crippen LogP contribution in [-0.2, 0) is 0 Å². The maximum Gasteiger partial charge on any atom is 0.119 e. The summed E-state index contributed by atoms with van der Waals surface area (Å²) in [5.74, 6) is 2.21. The number of methoxy groups -OCH3 is 1. The highest BCUT2D eigenvalue weighted by molar-refractivity contribution is 6.31. The Hall–Kier alpha value is -1.51. The molecule has 0 heterocycles. The first kappa shape index (κ1) is 15.4. The third-order valence-corrected chi connectivity index (χ3v) is 4.85. The van der Waals surface area contributed by atoms with Crippen LogP contribution in [-0.4, -0.2) is 13.7 Å². The van der Waals surface area contributed by atoms with E-state index in [0.29, 0.717) is 17.9 Å². The van der Waals surface area contributed by atoms with Crippen molar-refractivity contribution in [3.8, 4) is 5.75 Å². The number of halogens is 1. The van der Waals surface area contributed by atoms with Gasteiger partial charge >= 0.3 is 0 Å². The van der Waals surface area contributed by atoms with Gasteiger partial charge in [-0.05, 0) is 61.1 Å². The molecule has 2 unspecified atom stereocenters. The summed E-state index contributed by atoms with van der Waals surface area (Å²) in [4.78, 5) is 0. The van der Waals surface area contributed by atoms with Crippen molar-refractivity contribution in [3.63, 3.8) is 0 Å². The van der Waals surface area contributed by atoms with Gasteiger partial charge in [0.1, 0.15) is 5.75 Å². The molecule has 0 radical (unpaired) electrons. The molecule has 0 aromatic heterocycles. The van der Waals surface area contributed by atoms with Gasteiger partial charge in [0, 0.05) is 11.1 Å². The summed E-state index contributed by atoms with van der Waals surface area (Å²) >= 11 is 6.28. The molecule has 1 saturated carbocycles. The fourth-order valence-electron chi connectivity index (χ4n) is 2.99. The number of nitrogens with one attached hydrogen (secondary N) is 1. The Morgan fingerprint density at radius 1 is 1.23 bits per heavy atom. The Morgan fingerprint density at radius 2 is 2.05 bits per heavy atom. The van der Waals surface area contributed by atoms with Crippen molar-refractivity contribution in [2.45, 2.75) is 25.3 Å².